The Balaban J connectivity index is 2.16. The van der Waals surface area contributed by atoms with Crippen molar-refractivity contribution in [1.82, 2.24) is 10.2 Å². The molecule has 0 spiro atoms. The molecule has 5 heteroatoms. The van der Waals surface area contributed by atoms with Crippen LogP contribution in [-0.2, 0) is 4.79 Å². The topological polar surface area (TPSA) is 75.4 Å². The highest BCUT2D eigenvalue weighted by atomic mass is 16.2. The quantitative estimate of drug-likeness (QED) is 0.833. The summed E-state index contributed by atoms with van der Waals surface area (Å²) >= 11 is 0. The summed E-state index contributed by atoms with van der Waals surface area (Å²) in [4.78, 5) is 25.6. The smallest absolute Gasteiger partial charge is 0.323 e. The molecule has 1 aromatic carbocycles. The largest absolute Gasteiger partial charge is 0.325 e. The van der Waals surface area contributed by atoms with Crippen LogP contribution in [0.4, 0.5) is 4.79 Å². The fraction of sp³-hybridized carbons (Fsp3) is 0.500. The van der Waals surface area contributed by atoms with Gasteiger partial charge in [-0.25, -0.2) is 4.79 Å². The van der Waals surface area contributed by atoms with Gasteiger partial charge >= 0.3 is 6.03 Å². The number of rotatable bonds is 4. The average Bonchev–Trinajstić information content (AvgIpc) is 2.66. The Kier molecular flexibility index (Phi) is 4.05. The number of hydrogen-bond acceptors (Lipinski definition) is 3. The first-order valence-corrected chi connectivity index (χ1v) is 7.25. The third kappa shape index (κ3) is 2.78. The number of imide groups is 1. The molecule has 2 atom stereocenters. The van der Waals surface area contributed by atoms with Crippen molar-refractivity contribution in [3.8, 4) is 0 Å². The van der Waals surface area contributed by atoms with Gasteiger partial charge in [0.15, 0.2) is 0 Å². The van der Waals surface area contributed by atoms with E-state index in [0.29, 0.717) is 6.42 Å². The van der Waals surface area contributed by atoms with Gasteiger partial charge in [-0.05, 0) is 43.9 Å². The zero-order chi connectivity index (χ0) is 15.8. The third-order valence-corrected chi connectivity index (χ3v) is 4.39. The van der Waals surface area contributed by atoms with E-state index < -0.39 is 5.54 Å². The maximum atomic E-state index is 12.3. The molecule has 0 bridgehead atoms. The summed E-state index contributed by atoms with van der Waals surface area (Å²) in [5.41, 5.74) is 8.65. The summed E-state index contributed by atoms with van der Waals surface area (Å²) in [5, 5.41) is 2.74. The molecule has 3 N–H and O–H groups in total. The molecule has 1 aliphatic heterocycles. The lowest BCUT2D eigenvalue weighted by molar-refractivity contribution is -0.131. The van der Waals surface area contributed by atoms with Crippen LogP contribution in [0.25, 0.3) is 0 Å². The Morgan fingerprint density at radius 1 is 1.29 bits per heavy atom. The normalized spacial score (nSPS) is 23.4. The van der Waals surface area contributed by atoms with Crippen LogP contribution in [0.1, 0.15) is 43.0 Å². The third-order valence-electron chi connectivity index (χ3n) is 4.39. The Morgan fingerprint density at radius 3 is 2.48 bits per heavy atom. The van der Waals surface area contributed by atoms with Crippen molar-refractivity contribution in [2.75, 3.05) is 6.54 Å². The highest BCUT2D eigenvalue weighted by Crippen LogP contribution is 2.23. The van der Waals surface area contributed by atoms with Crippen molar-refractivity contribution in [2.24, 2.45) is 5.73 Å². The molecule has 21 heavy (non-hydrogen) atoms. The number of nitrogens with zero attached hydrogens (tertiary/aromatic N) is 1. The lowest BCUT2D eigenvalue weighted by atomic mass is 9.98. The van der Waals surface area contributed by atoms with Gasteiger partial charge in [0.1, 0.15) is 5.54 Å². The molecule has 2 unspecified atom stereocenters. The Morgan fingerprint density at radius 2 is 1.95 bits per heavy atom. The number of urea groups is 1. The van der Waals surface area contributed by atoms with E-state index in [9.17, 15) is 9.59 Å². The Hall–Kier alpha value is -1.88. The highest BCUT2D eigenvalue weighted by Gasteiger charge is 2.46. The number of hydrogen-bond donors (Lipinski definition) is 2. The van der Waals surface area contributed by atoms with Crippen LogP contribution < -0.4 is 11.1 Å². The second-order valence-electron chi connectivity index (χ2n) is 5.98. The van der Waals surface area contributed by atoms with Crippen LogP contribution in [0.2, 0.25) is 0 Å². The predicted octanol–water partition coefficient (Wildman–Crippen LogP) is 2.02. The highest BCUT2D eigenvalue weighted by molar-refractivity contribution is 6.06. The molecule has 2 rings (SSSR count). The summed E-state index contributed by atoms with van der Waals surface area (Å²) in [6.07, 6.45) is 0.562. The van der Waals surface area contributed by atoms with Gasteiger partial charge in [-0.2, -0.15) is 0 Å². The van der Waals surface area contributed by atoms with Crippen LogP contribution in [0.5, 0.6) is 0 Å². The standard InChI is InChI=1S/C16H23N3O2/c1-5-16(4)14(20)19(15(21)18-16)9-13(17)12-7-6-10(2)11(3)8-12/h6-8,13H,5,9,17H2,1-4H3,(H,18,21). The lowest BCUT2D eigenvalue weighted by Crippen LogP contribution is -2.43. The van der Waals surface area contributed by atoms with Crippen LogP contribution in [0, 0.1) is 13.8 Å². The molecule has 1 saturated heterocycles. The number of benzene rings is 1. The minimum Gasteiger partial charge on any atom is -0.323 e. The molecule has 0 aromatic heterocycles. The van der Waals surface area contributed by atoms with Gasteiger partial charge in [0.2, 0.25) is 0 Å². The van der Waals surface area contributed by atoms with Crippen molar-refractivity contribution >= 4 is 11.9 Å². The Labute approximate surface area is 125 Å². The second kappa shape index (κ2) is 5.48. The molecule has 3 amide bonds. The fourth-order valence-corrected chi connectivity index (χ4v) is 2.45. The van der Waals surface area contributed by atoms with Gasteiger partial charge in [-0.1, -0.05) is 25.1 Å². The SMILES string of the molecule is CCC1(C)NC(=O)N(CC(N)c2ccc(C)c(C)c2)C1=O. The molecular weight excluding hydrogens is 266 g/mol. The monoisotopic (exact) mass is 289 g/mol. The van der Waals surface area contributed by atoms with Crippen molar-refractivity contribution < 1.29 is 9.59 Å². The van der Waals surface area contributed by atoms with Crippen LogP contribution in [0.3, 0.4) is 0 Å². The van der Waals surface area contributed by atoms with E-state index in [1.54, 1.807) is 6.92 Å². The summed E-state index contributed by atoms with van der Waals surface area (Å²) in [7, 11) is 0. The van der Waals surface area contributed by atoms with Crippen molar-refractivity contribution in [3.05, 3.63) is 34.9 Å². The molecule has 114 valence electrons. The number of amides is 3. The molecule has 1 aliphatic rings. The zero-order valence-corrected chi connectivity index (χ0v) is 13.1. The minimum absolute atomic E-state index is 0.197. The maximum Gasteiger partial charge on any atom is 0.325 e. The Bertz CT molecular complexity index is 585. The van der Waals surface area contributed by atoms with Crippen molar-refractivity contribution in [3.63, 3.8) is 0 Å². The first-order chi connectivity index (χ1) is 9.78. The number of carbonyl (C=O) groups excluding carboxylic acids is 2. The van der Waals surface area contributed by atoms with E-state index in [1.165, 1.54) is 10.5 Å². The van der Waals surface area contributed by atoms with Gasteiger partial charge < -0.3 is 11.1 Å². The number of carbonyl (C=O) groups is 2. The molecule has 0 saturated carbocycles. The summed E-state index contributed by atoms with van der Waals surface area (Å²) in [5.74, 6) is -0.200. The van der Waals surface area contributed by atoms with Gasteiger partial charge in [0, 0.05) is 12.6 Å². The van der Waals surface area contributed by atoms with Gasteiger partial charge in [0.25, 0.3) is 5.91 Å². The van der Waals surface area contributed by atoms with E-state index in [2.05, 4.69) is 5.32 Å². The molecule has 1 aromatic rings. The zero-order valence-electron chi connectivity index (χ0n) is 13.1. The first-order valence-electron chi connectivity index (χ1n) is 7.25. The molecule has 5 nitrogen and oxygen atoms in total. The van der Waals surface area contributed by atoms with Gasteiger partial charge in [-0.15, -0.1) is 0 Å². The van der Waals surface area contributed by atoms with E-state index in [0.717, 1.165) is 11.1 Å². The second-order valence-corrected chi connectivity index (χ2v) is 5.98. The van der Waals surface area contributed by atoms with Crippen molar-refractivity contribution in [1.29, 1.82) is 0 Å². The van der Waals surface area contributed by atoms with E-state index in [1.807, 2.05) is 39.0 Å². The lowest BCUT2D eigenvalue weighted by Gasteiger charge is -2.22. The van der Waals surface area contributed by atoms with Crippen LogP contribution in [-0.4, -0.2) is 28.9 Å². The summed E-state index contributed by atoms with van der Waals surface area (Å²) in [6, 6.07) is 5.23. The van der Waals surface area contributed by atoms with Gasteiger partial charge in [0.05, 0.1) is 0 Å². The average molecular weight is 289 g/mol. The molecule has 0 aliphatic carbocycles. The fourth-order valence-electron chi connectivity index (χ4n) is 2.45. The van der Waals surface area contributed by atoms with Crippen molar-refractivity contribution in [2.45, 2.75) is 45.7 Å². The van der Waals surface area contributed by atoms with E-state index in [4.69, 9.17) is 5.73 Å². The maximum absolute atomic E-state index is 12.3. The molecule has 0 radical (unpaired) electrons. The summed E-state index contributed by atoms with van der Waals surface area (Å²) < 4.78 is 0. The molecular formula is C16H23N3O2. The van der Waals surface area contributed by atoms with Crippen LogP contribution in [0.15, 0.2) is 18.2 Å². The van der Waals surface area contributed by atoms with Crippen LogP contribution >= 0.6 is 0 Å². The molecule has 1 heterocycles. The first kappa shape index (κ1) is 15.5. The van der Waals surface area contributed by atoms with Gasteiger partial charge in [-0.3, -0.25) is 9.69 Å². The number of nitrogens with two attached hydrogens (primary N) is 1. The predicted molar refractivity (Wildman–Crippen MR) is 81.8 cm³/mol. The number of nitrogens with one attached hydrogen (secondary N) is 1. The van der Waals surface area contributed by atoms with E-state index in [-0.39, 0.29) is 24.5 Å². The number of aryl methyl sites for hydroxylation is 2. The summed E-state index contributed by atoms with van der Waals surface area (Å²) in [6.45, 7) is 7.88. The molecule has 1 fully saturated rings. The van der Waals surface area contributed by atoms with E-state index >= 15 is 0 Å². The minimum atomic E-state index is -0.806.